The standard InChI is InChI=1S/C11H20B4NOP/c1-8(2)16-3-9(10(13,5-12)6-16)4-17-7-11(14,15)18/h8-9H,3-7,18H2,1-2H3/t9-,10+/m0/s1. The van der Waals surface area contributed by atoms with E-state index in [-0.39, 0.29) is 17.8 Å². The molecular weight excluding hydrogens is 236 g/mol. The third-order valence-corrected chi connectivity index (χ3v) is 3.71. The summed E-state index contributed by atoms with van der Waals surface area (Å²) in [6.07, 6.45) is 0.460. The average molecular weight is 257 g/mol. The highest BCUT2D eigenvalue weighted by molar-refractivity contribution is 7.26. The summed E-state index contributed by atoms with van der Waals surface area (Å²) >= 11 is 0. The molecule has 1 heterocycles. The van der Waals surface area contributed by atoms with Crippen molar-refractivity contribution in [2.45, 2.75) is 36.5 Å². The smallest absolute Gasteiger partial charge is 0.0759 e. The molecule has 92 valence electrons. The van der Waals surface area contributed by atoms with Crippen LogP contribution < -0.4 is 0 Å². The maximum atomic E-state index is 6.37. The minimum Gasteiger partial charge on any atom is -0.382 e. The molecule has 0 amide bonds. The summed E-state index contributed by atoms with van der Waals surface area (Å²) < 4.78 is 5.57. The Bertz CT molecular complexity index is 274. The van der Waals surface area contributed by atoms with Gasteiger partial charge in [-0.15, -0.1) is 9.24 Å². The molecule has 1 aliphatic heterocycles. The van der Waals surface area contributed by atoms with E-state index in [1.54, 1.807) is 0 Å². The molecule has 1 fully saturated rings. The van der Waals surface area contributed by atoms with E-state index in [1.165, 1.54) is 0 Å². The molecule has 1 rings (SSSR count). The van der Waals surface area contributed by atoms with Gasteiger partial charge in [0, 0.05) is 19.2 Å². The number of nitrogens with zero attached hydrogens (tertiary/aromatic N) is 1. The quantitative estimate of drug-likeness (QED) is 0.495. The van der Waals surface area contributed by atoms with Crippen LogP contribution in [0, 0.1) is 5.92 Å². The van der Waals surface area contributed by atoms with Crippen LogP contribution in [0.25, 0.3) is 0 Å². The van der Waals surface area contributed by atoms with Crippen molar-refractivity contribution in [1.82, 2.24) is 4.90 Å². The zero-order chi connectivity index (χ0) is 14.0. The van der Waals surface area contributed by atoms with Crippen LogP contribution >= 0.6 is 9.24 Å². The molecule has 1 unspecified atom stereocenters. The summed E-state index contributed by atoms with van der Waals surface area (Å²) in [4.78, 5) is 1.45. The normalized spacial score (nSPS) is 30.1. The summed E-state index contributed by atoms with van der Waals surface area (Å²) in [7, 11) is 25.8. The molecule has 0 spiro atoms. The molecule has 0 aliphatic carbocycles. The first-order chi connectivity index (χ1) is 8.18. The van der Waals surface area contributed by atoms with E-state index >= 15 is 0 Å². The Morgan fingerprint density at radius 3 is 2.56 bits per heavy atom. The predicted octanol–water partition coefficient (Wildman–Crippen LogP) is 0.123. The van der Waals surface area contributed by atoms with Crippen LogP contribution in [0.5, 0.6) is 0 Å². The molecule has 3 atom stereocenters. The molecule has 8 radical (unpaired) electrons. The van der Waals surface area contributed by atoms with E-state index in [0.29, 0.717) is 19.0 Å². The average Bonchev–Trinajstić information content (AvgIpc) is 2.56. The fourth-order valence-electron chi connectivity index (χ4n) is 2.26. The van der Waals surface area contributed by atoms with Gasteiger partial charge in [-0.1, -0.05) is 16.6 Å². The van der Waals surface area contributed by atoms with Crippen molar-refractivity contribution in [1.29, 1.82) is 0 Å². The lowest BCUT2D eigenvalue weighted by molar-refractivity contribution is 0.0969. The van der Waals surface area contributed by atoms with Gasteiger partial charge in [0.05, 0.1) is 38.0 Å². The van der Waals surface area contributed by atoms with Crippen molar-refractivity contribution >= 4 is 40.6 Å². The first kappa shape index (κ1) is 16.7. The van der Waals surface area contributed by atoms with E-state index < -0.39 is 4.95 Å². The number of likely N-dealkylation sites (tertiary alicyclic amines) is 1. The van der Waals surface area contributed by atoms with E-state index in [2.05, 4.69) is 28.0 Å². The van der Waals surface area contributed by atoms with E-state index in [4.69, 9.17) is 36.1 Å². The van der Waals surface area contributed by atoms with Crippen LogP contribution in [0.3, 0.4) is 0 Å². The highest BCUT2D eigenvalue weighted by Crippen LogP contribution is 2.43. The lowest BCUT2D eigenvalue weighted by Gasteiger charge is -2.31. The molecule has 0 aromatic rings. The van der Waals surface area contributed by atoms with Crippen molar-refractivity contribution in [3.8, 4) is 0 Å². The van der Waals surface area contributed by atoms with E-state index in [0.717, 1.165) is 13.1 Å². The Balaban J connectivity index is 2.52. The maximum absolute atomic E-state index is 6.37. The van der Waals surface area contributed by atoms with Gasteiger partial charge in [0.15, 0.2) is 0 Å². The Morgan fingerprint density at radius 2 is 2.11 bits per heavy atom. The fraction of sp³-hybridized carbons (Fsp3) is 1.00. The van der Waals surface area contributed by atoms with Crippen molar-refractivity contribution in [3.63, 3.8) is 0 Å². The molecule has 0 aromatic heterocycles. The summed E-state index contributed by atoms with van der Waals surface area (Å²) in [5, 5.41) is -0.378. The molecule has 0 bridgehead atoms. The second kappa shape index (κ2) is 6.37. The molecule has 0 saturated carbocycles. The van der Waals surface area contributed by atoms with Gasteiger partial charge in [-0.2, -0.15) is 0 Å². The summed E-state index contributed by atoms with van der Waals surface area (Å²) in [5.74, 6) is 0.220. The summed E-state index contributed by atoms with van der Waals surface area (Å²) in [6, 6.07) is 0.467. The van der Waals surface area contributed by atoms with Crippen LogP contribution in [0.2, 0.25) is 11.6 Å². The van der Waals surface area contributed by atoms with Crippen LogP contribution in [-0.4, -0.2) is 73.6 Å². The summed E-state index contributed by atoms with van der Waals surface area (Å²) in [6.45, 7) is 6.87. The van der Waals surface area contributed by atoms with E-state index in [1.807, 2.05) is 0 Å². The molecular formula is C11H20B4NOP. The maximum Gasteiger partial charge on any atom is 0.0759 e. The molecule has 2 nitrogen and oxygen atoms in total. The Kier molecular flexibility index (Phi) is 5.90. The SMILES string of the molecule is [B]C[C@@]1([B])CN(C(C)C)C[C@H]1COCC([B])([B])P. The van der Waals surface area contributed by atoms with Gasteiger partial charge in [0.2, 0.25) is 0 Å². The Hall–Kier alpha value is 0.610. The molecule has 1 aliphatic rings. The number of hydrogen-bond acceptors (Lipinski definition) is 2. The van der Waals surface area contributed by atoms with Crippen LogP contribution in [0.1, 0.15) is 13.8 Å². The van der Waals surface area contributed by atoms with Crippen molar-refractivity contribution in [2.24, 2.45) is 5.92 Å². The third kappa shape index (κ3) is 4.62. The first-order valence-electron chi connectivity index (χ1n) is 6.35. The highest BCUT2D eigenvalue weighted by Gasteiger charge is 2.41. The minimum absolute atomic E-state index is 0.220. The van der Waals surface area contributed by atoms with Crippen LogP contribution in [-0.2, 0) is 4.74 Å². The van der Waals surface area contributed by atoms with Crippen molar-refractivity contribution in [2.75, 3.05) is 26.3 Å². The molecule has 0 N–H and O–H groups in total. The Morgan fingerprint density at radius 1 is 1.50 bits per heavy atom. The lowest BCUT2D eigenvalue weighted by atomic mass is 9.56. The number of hydrogen-bond donors (Lipinski definition) is 0. The molecule has 7 heteroatoms. The van der Waals surface area contributed by atoms with Gasteiger partial charge in [-0.05, 0) is 26.3 Å². The lowest BCUT2D eigenvalue weighted by Crippen LogP contribution is -2.32. The van der Waals surface area contributed by atoms with Crippen molar-refractivity contribution < 1.29 is 4.74 Å². The van der Waals surface area contributed by atoms with Gasteiger partial charge in [-0.25, -0.2) is 0 Å². The predicted molar refractivity (Wildman–Crippen MR) is 84.0 cm³/mol. The second-order valence-electron chi connectivity index (χ2n) is 5.78. The zero-order valence-electron chi connectivity index (χ0n) is 11.4. The topological polar surface area (TPSA) is 12.5 Å². The van der Waals surface area contributed by atoms with Gasteiger partial charge in [0.25, 0.3) is 0 Å². The van der Waals surface area contributed by atoms with Crippen molar-refractivity contribution in [3.05, 3.63) is 0 Å². The number of rotatable bonds is 6. The van der Waals surface area contributed by atoms with Crippen LogP contribution in [0.4, 0.5) is 0 Å². The first-order valence-corrected chi connectivity index (χ1v) is 6.93. The highest BCUT2D eigenvalue weighted by atomic mass is 31.0. The molecule has 1 saturated heterocycles. The molecule has 18 heavy (non-hydrogen) atoms. The molecule has 0 aromatic carbocycles. The van der Waals surface area contributed by atoms with Gasteiger partial charge < -0.3 is 9.64 Å². The largest absolute Gasteiger partial charge is 0.382 e. The third-order valence-electron chi connectivity index (χ3n) is 3.55. The fourth-order valence-corrected chi connectivity index (χ4v) is 2.38. The van der Waals surface area contributed by atoms with Gasteiger partial charge >= 0.3 is 0 Å². The minimum atomic E-state index is -0.879. The zero-order valence-corrected chi connectivity index (χ0v) is 12.6. The summed E-state index contributed by atoms with van der Waals surface area (Å²) in [5.41, 5.74) is 0. The number of ether oxygens (including phenoxy) is 1. The van der Waals surface area contributed by atoms with Gasteiger partial charge in [0.1, 0.15) is 0 Å². The van der Waals surface area contributed by atoms with E-state index in [9.17, 15) is 0 Å². The monoisotopic (exact) mass is 257 g/mol. The van der Waals surface area contributed by atoms with Gasteiger partial charge in [-0.3, -0.25) is 0 Å². The Labute approximate surface area is 119 Å². The van der Waals surface area contributed by atoms with Crippen LogP contribution in [0.15, 0.2) is 0 Å². The second-order valence-corrected chi connectivity index (χ2v) is 6.86.